The van der Waals surface area contributed by atoms with E-state index in [-0.39, 0.29) is 5.91 Å². The van der Waals surface area contributed by atoms with Gasteiger partial charge in [-0.1, -0.05) is 18.2 Å². The number of aromatic nitrogens is 2. The average Bonchev–Trinajstić information content (AvgIpc) is 3.27. The number of aromatic amines is 1. The second-order valence-electron chi connectivity index (χ2n) is 5.85. The van der Waals surface area contributed by atoms with Crippen LogP contribution < -0.4 is 11.1 Å². The summed E-state index contributed by atoms with van der Waals surface area (Å²) in [4.78, 5) is 30.7. The van der Waals surface area contributed by atoms with Gasteiger partial charge in [-0.25, -0.2) is 9.78 Å². The smallest absolute Gasteiger partial charge is 0.408 e. The molecule has 0 spiro atoms. The molecule has 2 N–H and O–H groups in total. The molecule has 2 heterocycles. The Bertz CT molecular complexity index is 1160. The van der Waals surface area contributed by atoms with Gasteiger partial charge in [0.2, 0.25) is 0 Å². The van der Waals surface area contributed by atoms with E-state index in [1.807, 2.05) is 42.0 Å². The monoisotopic (exact) mass is 397 g/mol. The van der Waals surface area contributed by atoms with Crippen LogP contribution in [0.15, 0.2) is 57.1 Å². The minimum atomic E-state index is -0.489. The fraction of sp³-hybridized carbons (Fsp3) is 0.105. The number of H-pyrrole nitrogens is 1. The summed E-state index contributed by atoms with van der Waals surface area (Å²) in [5.41, 5.74) is 4.40. The highest BCUT2D eigenvalue weighted by molar-refractivity contribution is 7.97. The number of thiazole rings is 1. The molecule has 6 nitrogen and oxygen atoms in total. The minimum Gasteiger partial charge on any atom is -0.408 e. The largest absolute Gasteiger partial charge is 0.417 e. The predicted molar refractivity (Wildman–Crippen MR) is 110 cm³/mol. The van der Waals surface area contributed by atoms with Gasteiger partial charge in [0.25, 0.3) is 5.91 Å². The van der Waals surface area contributed by atoms with Crippen molar-refractivity contribution in [3.05, 3.63) is 69.5 Å². The van der Waals surface area contributed by atoms with Crippen LogP contribution >= 0.6 is 23.1 Å². The van der Waals surface area contributed by atoms with E-state index in [0.29, 0.717) is 27.5 Å². The molecule has 0 atom stereocenters. The topological polar surface area (TPSA) is 88.0 Å². The third-order valence-electron chi connectivity index (χ3n) is 3.97. The van der Waals surface area contributed by atoms with E-state index in [4.69, 9.17) is 4.42 Å². The Hall–Kier alpha value is -2.84. The van der Waals surface area contributed by atoms with E-state index in [0.717, 1.165) is 11.3 Å². The molecule has 2 aromatic heterocycles. The number of thioether (sulfide) groups is 1. The fourth-order valence-electron chi connectivity index (χ4n) is 2.66. The molecule has 4 aromatic rings. The van der Waals surface area contributed by atoms with Crippen LogP contribution in [0.1, 0.15) is 15.9 Å². The lowest BCUT2D eigenvalue weighted by molar-refractivity contribution is 0.102. The predicted octanol–water partition coefficient (Wildman–Crippen LogP) is 4.36. The molecule has 2 aromatic carbocycles. The molecular formula is C19H15N3O3S2. The van der Waals surface area contributed by atoms with Gasteiger partial charge >= 0.3 is 5.76 Å². The lowest BCUT2D eigenvalue weighted by atomic mass is 10.1. The lowest BCUT2D eigenvalue weighted by Crippen LogP contribution is -2.11. The maximum Gasteiger partial charge on any atom is 0.417 e. The van der Waals surface area contributed by atoms with Crippen LogP contribution in [0.3, 0.4) is 0 Å². The number of carbonyl (C=O) groups is 1. The van der Waals surface area contributed by atoms with E-state index in [1.54, 1.807) is 23.9 Å². The van der Waals surface area contributed by atoms with E-state index < -0.39 is 5.76 Å². The average molecular weight is 397 g/mol. The molecule has 0 aliphatic rings. The number of hydrogen-bond acceptors (Lipinski definition) is 6. The fourth-order valence-corrected chi connectivity index (χ4v) is 3.90. The highest BCUT2D eigenvalue weighted by atomic mass is 32.2. The van der Waals surface area contributed by atoms with Gasteiger partial charge in [-0.2, -0.15) is 11.8 Å². The van der Waals surface area contributed by atoms with Crippen LogP contribution in [0.5, 0.6) is 0 Å². The van der Waals surface area contributed by atoms with Gasteiger partial charge in [0.15, 0.2) is 10.7 Å². The Morgan fingerprint density at radius 2 is 2.07 bits per heavy atom. The van der Waals surface area contributed by atoms with Gasteiger partial charge in [-0.15, -0.1) is 11.3 Å². The van der Waals surface area contributed by atoms with Crippen molar-refractivity contribution in [2.24, 2.45) is 0 Å². The Morgan fingerprint density at radius 1 is 1.26 bits per heavy atom. The molecule has 8 heteroatoms. The summed E-state index contributed by atoms with van der Waals surface area (Å²) >= 11 is 3.08. The molecule has 1 amide bonds. The molecule has 0 bridgehead atoms. The van der Waals surface area contributed by atoms with Crippen molar-refractivity contribution in [3.8, 4) is 11.3 Å². The number of nitrogens with zero attached hydrogens (tertiary/aromatic N) is 1. The number of carbonyl (C=O) groups excluding carboxylic acids is 1. The second-order valence-corrected chi connectivity index (χ2v) is 7.57. The number of benzene rings is 2. The van der Waals surface area contributed by atoms with Crippen LogP contribution in [-0.2, 0) is 5.75 Å². The Labute approximate surface area is 162 Å². The third-order valence-corrected chi connectivity index (χ3v) is 5.35. The van der Waals surface area contributed by atoms with Crippen molar-refractivity contribution in [3.63, 3.8) is 0 Å². The number of hydrogen-bond donors (Lipinski definition) is 2. The summed E-state index contributed by atoms with van der Waals surface area (Å²) in [6, 6.07) is 12.9. The molecule has 27 heavy (non-hydrogen) atoms. The van der Waals surface area contributed by atoms with Gasteiger partial charge in [-0.3, -0.25) is 15.1 Å². The van der Waals surface area contributed by atoms with E-state index in [9.17, 15) is 9.59 Å². The summed E-state index contributed by atoms with van der Waals surface area (Å²) < 4.78 is 5.08. The van der Waals surface area contributed by atoms with Gasteiger partial charge < -0.3 is 4.42 Å². The van der Waals surface area contributed by atoms with Crippen LogP contribution in [0, 0.1) is 0 Å². The van der Waals surface area contributed by atoms with Gasteiger partial charge in [0.05, 0.1) is 11.2 Å². The number of amides is 1. The van der Waals surface area contributed by atoms with Crippen molar-refractivity contribution >= 4 is 45.2 Å². The molecule has 0 saturated carbocycles. The van der Waals surface area contributed by atoms with E-state index in [1.165, 1.54) is 16.9 Å². The molecule has 0 radical (unpaired) electrons. The first-order valence-corrected chi connectivity index (χ1v) is 10.4. The maximum absolute atomic E-state index is 12.4. The number of fused-ring (bicyclic) bond motifs is 1. The lowest BCUT2D eigenvalue weighted by Gasteiger charge is -2.03. The van der Waals surface area contributed by atoms with Crippen LogP contribution in [0.2, 0.25) is 0 Å². The van der Waals surface area contributed by atoms with E-state index in [2.05, 4.69) is 15.3 Å². The molecule has 0 fully saturated rings. The number of oxazole rings is 1. The summed E-state index contributed by atoms with van der Waals surface area (Å²) in [5, 5.41) is 5.19. The van der Waals surface area contributed by atoms with E-state index >= 15 is 0 Å². The quantitative estimate of drug-likeness (QED) is 0.522. The molecule has 0 saturated heterocycles. The standard InChI is InChI=1S/C19H15N3O3S2/c1-26-9-11-2-4-12(5-3-11)17(23)22-18-20-15(10-27-18)13-6-7-14-16(8-13)25-19(24)21-14/h2-8,10H,9H2,1H3,(H,21,24)(H,20,22,23). The van der Waals surface area contributed by atoms with Crippen LogP contribution in [0.4, 0.5) is 5.13 Å². The Morgan fingerprint density at radius 3 is 2.85 bits per heavy atom. The first-order chi connectivity index (χ1) is 13.1. The number of nitrogens with one attached hydrogen (secondary N) is 2. The zero-order chi connectivity index (χ0) is 18.8. The number of anilines is 1. The molecule has 4 rings (SSSR count). The molecule has 0 unspecified atom stereocenters. The van der Waals surface area contributed by atoms with Crippen molar-refractivity contribution in [2.45, 2.75) is 5.75 Å². The zero-order valence-electron chi connectivity index (χ0n) is 14.3. The summed E-state index contributed by atoms with van der Waals surface area (Å²) in [6.45, 7) is 0. The highest BCUT2D eigenvalue weighted by Crippen LogP contribution is 2.27. The van der Waals surface area contributed by atoms with Crippen molar-refractivity contribution in [1.29, 1.82) is 0 Å². The minimum absolute atomic E-state index is 0.196. The Balaban J connectivity index is 1.51. The van der Waals surface area contributed by atoms with Crippen LogP contribution in [-0.4, -0.2) is 22.1 Å². The van der Waals surface area contributed by atoms with Crippen molar-refractivity contribution in [1.82, 2.24) is 9.97 Å². The molecule has 0 aliphatic carbocycles. The van der Waals surface area contributed by atoms with Gasteiger partial charge in [0.1, 0.15) is 0 Å². The first kappa shape index (κ1) is 17.6. The Kier molecular flexibility index (Phi) is 4.83. The zero-order valence-corrected chi connectivity index (χ0v) is 15.9. The number of rotatable bonds is 5. The molecule has 136 valence electrons. The molecule has 0 aliphatic heterocycles. The third kappa shape index (κ3) is 3.81. The van der Waals surface area contributed by atoms with Gasteiger partial charge in [0, 0.05) is 22.3 Å². The SMILES string of the molecule is CSCc1ccc(C(=O)Nc2nc(-c3ccc4[nH]c(=O)oc4c3)cs2)cc1. The highest BCUT2D eigenvalue weighted by Gasteiger charge is 2.11. The summed E-state index contributed by atoms with van der Waals surface area (Å²) in [7, 11) is 0. The van der Waals surface area contributed by atoms with Crippen molar-refractivity contribution < 1.29 is 9.21 Å². The van der Waals surface area contributed by atoms with Gasteiger partial charge in [-0.05, 0) is 36.1 Å². The summed E-state index contributed by atoms with van der Waals surface area (Å²) in [5.74, 6) is 0.235. The maximum atomic E-state index is 12.4. The van der Waals surface area contributed by atoms with Crippen molar-refractivity contribution in [2.75, 3.05) is 11.6 Å². The van der Waals surface area contributed by atoms with Crippen LogP contribution in [0.25, 0.3) is 22.4 Å². The second kappa shape index (κ2) is 7.42. The first-order valence-electron chi connectivity index (χ1n) is 8.10. The normalized spacial score (nSPS) is 11.0. The molecular weight excluding hydrogens is 382 g/mol. The summed E-state index contributed by atoms with van der Waals surface area (Å²) in [6.07, 6.45) is 2.04.